The monoisotopic (exact) mass is 434 g/mol. The molecule has 0 spiro atoms. The Balaban J connectivity index is 1.96. The van der Waals surface area contributed by atoms with Crippen molar-refractivity contribution in [1.82, 2.24) is 4.90 Å². The number of carbonyl (C=O) groups is 2. The van der Waals surface area contributed by atoms with Crippen LogP contribution in [-0.4, -0.2) is 51.8 Å². The molecule has 0 aliphatic carbocycles. The van der Waals surface area contributed by atoms with Crippen LogP contribution in [0.2, 0.25) is 0 Å². The average molecular weight is 434 g/mol. The van der Waals surface area contributed by atoms with Crippen molar-refractivity contribution in [3.8, 4) is 0 Å². The predicted molar refractivity (Wildman–Crippen MR) is 104 cm³/mol. The topological polar surface area (TPSA) is 93.2 Å². The highest BCUT2D eigenvalue weighted by Gasteiger charge is 2.67. The number of likely N-dealkylation sites (tertiary alicyclic amines) is 1. The van der Waals surface area contributed by atoms with E-state index in [0.29, 0.717) is 0 Å². The van der Waals surface area contributed by atoms with Gasteiger partial charge in [0.2, 0.25) is 0 Å². The van der Waals surface area contributed by atoms with Crippen LogP contribution in [0.25, 0.3) is 0 Å². The molecule has 0 saturated carbocycles. The number of ether oxygens (including phenoxy) is 2. The van der Waals surface area contributed by atoms with Crippen molar-refractivity contribution in [1.29, 1.82) is 0 Å². The van der Waals surface area contributed by atoms with Gasteiger partial charge in [-0.2, -0.15) is 0 Å². The predicted octanol–water partition coefficient (Wildman–Crippen LogP) is 2.40. The number of amides is 1. The minimum Gasteiger partial charge on any atom is -0.467 e. The minimum absolute atomic E-state index is 0.0737. The van der Waals surface area contributed by atoms with E-state index >= 15 is 4.39 Å². The van der Waals surface area contributed by atoms with E-state index in [1.54, 1.807) is 30.3 Å². The van der Waals surface area contributed by atoms with Crippen LogP contribution < -0.4 is 4.31 Å². The van der Waals surface area contributed by atoms with Gasteiger partial charge in [-0.1, -0.05) is 36.4 Å². The molecule has 0 N–H and O–H groups in total. The Bertz CT molecular complexity index is 1110. The SMILES string of the molecule is COC(=O)[C@@H]1C[C@]2(F)c3ccccc3N(S(=O)(=O)c3ccccc3)[C@@H]2N1C(=O)OC. The van der Waals surface area contributed by atoms with E-state index in [2.05, 4.69) is 0 Å². The lowest BCUT2D eigenvalue weighted by molar-refractivity contribution is -0.145. The van der Waals surface area contributed by atoms with Gasteiger partial charge in [0.05, 0.1) is 24.8 Å². The van der Waals surface area contributed by atoms with Gasteiger partial charge in [0.15, 0.2) is 11.8 Å². The van der Waals surface area contributed by atoms with Gasteiger partial charge in [-0.25, -0.2) is 26.7 Å². The van der Waals surface area contributed by atoms with Crippen LogP contribution in [0.5, 0.6) is 0 Å². The normalized spacial score (nSPS) is 24.9. The van der Waals surface area contributed by atoms with Gasteiger partial charge in [-0.15, -0.1) is 0 Å². The lowest BCUT2D eigenvalue weighted by atomic mass is 9.93. The zero-order valence-corrected chi connectivity index (χ0v) is 17.0. The molecule has 2 aliphatic heterocycles. The lowest BCUT2D eigenvalue weighted by Crippen LogP contribution is -2.55. The van der Waals surface area contributed by atoms with Gasteiger partial charge in [0, 0.05) is 12.0 Å². The third kappa shape index (κ3) is 2.67. The number of esters is 1. The highest BCUT2D eigenvalue weighted by atomic mass is 32.2. The Morgan fingerprint density at radius 2 is 1.67 bits per heavy atom. The first-order valence-electron chi connectivity index (χ1n) is 9.09. The Labute approximate surface area is 172 Å². The molecule has 2 aliphatic rings. The van der Waals surface area contributed by atoms with Crippen molar-refractivity contribution < 1.29 is 31.9 Å². The number of fused-ring (bicyclic) bond motifs is 3. The van der Waals surface area contributed by atoms with Gasteiger partial charge < -0.3 is 9.47 Å². The fraction of sp³-hybridized carbons (Fsp3) is 0.300. The molecule has 0 bridgehead atoms. The van der Waals surface area contributed by atoms with Gasteiger partial charge in [-0.3, -0.25) is 4.90 Å². The molecule has 4 rings (SSSR count). The maximum atomic E-state index is 16.5. The third-order valence-corrected chi connectivity index (χ3v) is 7.25. The summed E-state index contributed by atoms with van der Waals surface area (Å²) in [5, 5.41) is 0. The molecule has 1 fully saturated rings. The van der Waals surface area contributed by atoms with Crippen molar-refractivity contribution in [2.75, 3.05) is 18.5 Å². The van der Waals surface area contributed by atoms with Crippen molar-refractivity contribution in [2.24, 2.45) is 0 Å². The number of para-hydroxylation sites is 1. The molecule has 158 valence electrons. The van der Waals surface area contributed by atoms with E-state index in [1.165, 1.54) is 24.3 Å². The number of alkyl halides is 1. The zero-order valence-electron chi connectivity index (χ0n) is 16.2. The molecule has 0 unspecified atom stereocenters. The number of halogens is 1. The van der Waals surface area contributed by atoms with Gasteiger partial charge in [0.25, 0.3) is 10.0 Å². The number of benzene rings is 2. The van der Waals surface area contributed by atoms with E-state index in [0.717, 1.165) is 23.4 Å². The second-order valence-corrected chi connectivity index (χ2v) is 8.80. The van der Waals surface area contributed by atoms with Crippen LogP contribution in [0.4, 0.5) is 14.9 Å². The zero-order chi connectivity index (χ0) is 21.7. The fourth-order valence-corrected chi connectivity index (χ4v) is 5.88. The number of nitrogens with zero attached hydrogens (tertiary/aromatic N) is 2. The van der Waals surface area contributed by atoms with E-state index in [-0.39, 0.29) is 16.1 Å². The van der Waals surface area contributed by atoms with Gasteiger partial charge >= 0.3 is 12.1 Å². The molecular weight excluding hydrogens is 415 g/mol. The van der Waals surface area contributed by atoms with Crippen LogP contribution in [0.15, 0.2) is 59.5 Å². The number of carbonyl (C=O) groups excluding carboxylic acids is 2. The first-order valence-corrected chi connectivity index (χ1v) is 10.5. The number of sulfonamides is 1. The van der Waals surface area contributed by atoms with Gasteiger partial charge in [0.1, 0.15) is 6.04 Å². The van der Waals surface area contributed by atoms with Gasteiger partial charge in [-0.05, 0) is 18.2 Å². The second kappa shape index (κ2) is 6.98. The summed E-state index contributed by atoms with van der Waals surface area (Å²) in [6.07, 6.45) is -3.13. The number of methoxy groups -OCH3 is 2. The maximum Gasteiger partial charge on any atom is 0.412 e. The molecule has 1 saturated heterocycles. The van der Waals surface area contributed by atoms with Crippen LogP contribution in [0.1, 0.15) is 12.0 Å². The Kier molecular flexibility index (Phi) is 4.69. The minimum atomic E-state index is -4.28. The van der Waals surface area contributed by atoms with Crippen LogP contribution in [0.3, 0.4) is 0 Å². The molecule has 10 heteroatoms. The maximum absolute atomic E-state index is 16.5. The Morgan fingerprint density at radius 1 is 1.03 bits per heavy atom. The fourth-order valence-electron chi connectivity index (χ4n) is 4.21. The first kappa shape index (κ1) is 20.1. The molecule has 0 aromatic heterocycles. The highest BCUT2D eigenvalue weighted by Crippen LogP contribution is 2.56. The lowest BCUT2D eigenvalue weighted by Gasteiger charge is -2.34. The summed E-state index contributed by atoms with van der Waals surface area (Å²) < 4.78 is 54.0. The Hall–Kier alpha value is -3.14. The molecule has 2 aromatic carbocycles. The quantitative estimate of drug-likeness (QED) is 0.689. The highest BCUT2D eigenvalue weighted by molar-refractivity contribution is 7.92. The Morgan fingerprint density at radius 3 is 2.30 bits per heavy atom. The summed E-state index contributed by atoms with van der Waals surface area (Å²) in [6.45, 7) is 0. The first-order chi connectivity index (χ1) is 14.3. The van der Waals surface area contributed by atoms with Crippen molar-refractivity contribution in [2.45, 2.75) is 29.2 Å². The summed E-state index contributed by atoms with van der Waals surface area (Å²) in [6, 6.07) is 12.2. The van der Waals surface area contributed by atoms with Crippen molar-refractivity contribution in [3.05, 3.63) is 60.2 Å². The van der Waals surface area contributed by atoms with Crippen LogP contribution >= 0.6 is 0 Å². The molecule has 0 radical (unpaired) electrons. The molecule has 8 nitrogen and oxygen atoms in total. The standard InChI is InChI=1S/C20H19FN2O6S/c1-28-17(24)16-12-20(21)14-10-6-7-11-15(14)23(18(20)22(16)19(25)29-2)30(26,27)13-8-4-3-5-9-13/h3-11,16,18H,12H2,1-2H3/t16-,18-,20-/m0/s1. The molecule has 30 heavy (non-hydrogen) atoms. The van der Waals surface area contributed by atoms with Crippen molar-refractivity contribution in [3.63, 3.8) is 0 Å². The van der Waals surface area contributed by atoms with E-state index in [9.17, 15) is 18.0 Å². The smallest absolute Gasteiger partial charge is 0.412 e. The van der Waals surface area contributed by atoms with Crippen LogP contribution in [0, 0.1) is 0 Å². The second-order valence-electron chi connectivity index (χ2n) is 6.99. The number of hydrogen-bond donors (Lipinski definition) is 0. The number of hydrogen-bond acceptors (Lipinski definition) is 6. The molecule has 2 heterocycles. The number of anilines is 1. The van der Waals surface area contributed by atoms with E-state index in [1.807, 2.05) is 0 Å². The summed E-state index contributed by atoms with van der Waals surface area (Å²) in [5.74, 6) is -0.860. The molecular formula is C20H19FN2O6S. The molecule has 1 amide bonds. The summed E-state index contributed by atoms with van der Waals surface area (Å²) in [7, 11) is -2.09. The number of rotatable bonds is 3. The van der Waals surface area contributed by atoms with E-state index in [4.69, 9.17) is 9.47 Å². The van der Waals surface area contributed by atoms with E-state index < -0.39 is 46.4 Å². The third-order valence-electron chi connectivity index (χ3n) is 5.47. The summed E-state index contributed by atoms with van der Waals surface area (Å²) >= 11 is 0. The molecule has 2 aromatic rings. The van der Waals surface area contributed by atoms with Crippen molar-refractivity contribution >= 4 is 27.8 Å². The average Bonchev–Trinajstić information content (AvgIpc) is 3.20. The summed E-state index contributed by atoms with van der Waals surface area (Å²) in [5.41, 5.74) is -2.15. The molecule has 3 atom stereocenters. The van der Waals surface area contributed by atoms with Crippen LogP contribution in [-0.2, 0) is 30.0 Å². The summed E-state index contributed by atoms with van der Waals surface area (Å²) in [4.78, 5) is 25.7. The largest absolute Gasteiger partial charge is 0.467 e.